The van der Waals surface area contributed by atoms with E-state index in [4.69, 9.17) is 9.84 Å². The molecule has 6 heteroatoms. The van der Waals surface area contributed by atoms with Crippen LogP contribution in [0.3, 0.4) is 0 Å². The fourth-order valence-electron chi connectivity index (χ4n) is 2.61. The van der Waals surface area contributed by atoms with Crippen molar-refractivity contribution in [1.82, 2.24) is 4.90 Å². The fraction of sp³-hybridized carbons (Fsp3) is 0.467. The molecule has 21 heavy (non-hydrogen) atoms. The Morgan fingerprint density at radius 3 is 2.76 bits per heavy atom. The van der Waals surface area contributed by atoms with Gasteiger partial charge in [-0.15, -0.1) is 0 Å². The molecular formula is C15H18FNO4. The molecule has 0 radical (unpaired) electrons. The molecule has 1 aromatic carbocycles. The number of amides is 1. The lowest BCUT2D eigenvalue weighted by Gasteiger charge is -2.26. The molecule has 0 bridgehead atoms. The Morgan fingerprint density at radius 1 is 1.48 bits per heavy atom. The minimum atomic E-state index is -0.892. The first-order valence-corrected chi connectivity index (χ1v) is 6.85. The molecule has 0 spiro atoms. The Hall–Kier alpha value is -2.11. The van der Waals surface area contributed by atoms with E-state index >= 15 is 0 Å². The van der Waals surface area contributed by atoms with Crippen LogP contribution in [0.4, 0.5) is 4.39 Å². The van der Waals surface area contributed by atoms with Crippen molar-refractivity contribution in [3.05, 3.63) is 30.1 Å². The van der Waals surface area contributed by atoms with Crippen LogP contribution in [0.5, 0.6) is 5.75 Å². The lowest BCUT2D eigenvalue weighted by Crippen LogP contribution is -2.44. The third-order valence-electron chi connectivity index (χ3n) is 3.81. The zero-order chi connectivity index (χ0) is 15.6. The minimum absolute atomic E-state index is 0.275. The highest BCUT2D eigenvalue weighted by Crippen LogP contribution is 2.25. The van der Waals surface area contributed by atoms with Gasteiger partial charge in [0.25, 0.3) is 5.91 Å². The lowest BCUT2D eigenvalue weighted by atomic mass is 10.0. The molecule has 5 nitrogen and oxygen atoms in total. The fourth-order valence-corrected chi connectivity index (χ4v) is 2.61. The number of halogens is 1. The highest BCUT2D eigenvalue weighted by atomic mass is 19.1. The second kappa shape index (κ2) is 6.11. The summed E-state index contributed by atoms with van der Waals surface area (Å²) in [6, 6.07) is 5.20. The standard InChI is InChI=1S/C15H18FNO4/c1-9-13(15(19)20)6-7-17(9)14(18)10(2)21-12-5-3-4-11(16)8-12/h3-5,8-10,13H,6-7H2,1-2H3,(H,19,20). The number of carboxylic acid groups (broad SMARTS) is 1. The van der Waals surface area contributed by atoms with E-state index in [1.54, 1.807) is 19.9 Å². The van der Waals surface area contributed by atoms with Gasteiger partial charge in [-0.2, -0.15) is 0 Å². The monoisotopic (exact) mass is 295 g/mol. The normalized spacial score (nSPS) is 22.9. The van der Waals surface area contributed by atoms with E-state index in [2.05, 4.69) is 0 Å². The Balaban J connectivity index is 2.01. The lowest BCUT2D eigenvalue weighted by molar-refractivity contribution is -0.144. The van der Waals surface area contributed by atoms with Crippen molar-refractivity contribution >= 4 is 11.9 Å². The van der Waals surface area contributed by atoms with E-state index in [9.17, 15) is 14.0 Å². The van der Waals surface area contributed by atoms with Gasteiger partial charge < -0.3 is 14.7 Å². The molecule has 3 unspecified atom stereocenters. The molecule has 1 saturated heterocycles. The Bertz CT molecular complexity index is 548. The number of carbonyl (C=O) groups is 2. The third-order valence-corrected chi connectivity index (χ3v) is 3.81. The molecule has 1 aliphatic heterocycles. The van der Waals surface area contributed by atoms with Crippen molar-refractivity contribution in [2.75, 3.05) is 6.54 Å². The molecule has 1 aromatic rings. The van der Waals surface area contributed by atoms with Gasteiger partial charge in [0.05, 0.1) is 5.92 Å². The average molecular weight is 295 g/mol. The summed E-state index contributed by atoms with van der Waals surface area (Å²) in [6.07, 6.45) is -0.351. The van der Waals surface area contributed by atoms with Crippen LogP contribution in [0.2, 0.25) is 0 Å². The average Bonchev–Trinajstić information content (AvgIpc) is 2.79. The van der Waals surface area contributed by atoms with Gasteiger partial charge in [0.2, 0.25) is 0 Å². The number of nitrogens with zero attached hydrogens (tertiary/aromatic N) is 1. The maximum atomic E-state index is 13.1. The molecule has 0 saturated carbocycles. The molecule has 1 heterocycles. The maximum Gasteiger partial charge on any atom is 0.308 e. The summed E-state index contributed by atoms with van der Waals surface area (Å²) in [5.74, 6) is -1.88. The van der Waals surface area contributed by atoms with Gasteiger partial charge in [0.15, 0.2) is 6.10 Å². The maximum absolute atomic E-state index is 13.1. The van der Waals surface area contributed by atoms with Crippen LogP contribution in [-0.2, 0) is 9.59 Å². The van der Waals surface area contributed by atoms with E-state index < -0.39 is 23.8 Å². The first kappa shape index (κ1) is 15.3. The summed E-state index contributed by atoms with van der Waals surface area (Å²) in [6.45, 7) is 3.69. The van der Waals surface area contributed by atoms with Crippen molar-refractivity contribution in [3.63, 3.8) is 0 Å². The summed E-state index contributed by atoms with van der Waals surface area (Å²) in [7, 11) is 0. The van der Waals surface area contributed by atoms with Crippen molar-refractivity contribution < 1.29 is 23.8 Å². The van der Waals surface area contributed by atoms with Gasteiger partial charge in [0.1, 0.15) is 11.6 Å². The number of ether oxygens (including phenoxy) is 1. The number of benzene rings is 1. The van der Waals surface area contributed by atoms with Crippen LogP contribution >= 0.6 is 0 Å². The Kier molecular flexibility index (Phi) is 4.45. The smallest absolute Gasteiger partial charge is 0.308 e. The predicted octanol–water partition coefficient (Wildman–Crippen LogP) is 1.91. The van der Waals surface area contributed by atoms with Gasteiger partial charge in [-0.25, -0.2) is 4.39 Å². The number of hydrogen-bond donors (Lipinski definition) is 1. The van der Waals surface area contributed by atoms with E-state index in [0.717, 1.165) is 0 Å². The number of likely N-dealkylation sites (tertiary alicyclic amines) is 1. The van der Waals surface area contributed by atoms with Gasteiger partial charge in [0, 0.05) is 18.7 Å². The van der Waals surface area contributed by atoms with Crippen LogP contribution in [0.1, 0.15) is 20.3 Å². The molecule has 0 aliphatic carbocycles. The predicted molar refractivity (Wildman–Crippen MR) is 73.4 cm³/mol. The van der Waals surface area contributed by atoms with E-state index in [1.165, 1.54) is 23.1 Å². The summed E-state index contributed by atoms with van der Waals surface area (Å²) < 4.78 is 18.5. The largest absolute Gasteiger partial charge is 0.481 e. The van der Waals surface area contributed by atoms with Gasteiger partial charge >= 0.3 is 5.97 Å². The second-order valence-corrected chi connectivity index (χ2v) is 5.22. The first-order chi connectivity index (χ1) is 9.90. The summed E-state index contributed by atoms with van der Waals surface area (Å²) in [5, 5.41) is 9.08. The molecule has 114 valence electrons. The molecule has 1 fully saturated rings. The van der Waals surface area contributed by atoms with Crippen LogP contribution in [0, 0.1) is 11.7 Å². The highest BCUT2D eigenvalue weighted by Gasteiger charge is 2.39. The molecule has 1 N–H and O–H groups in total. The molecule has 3 atom stereocenters. The Morgan fingerprint density at radius 2 is 2.19 bits per heavy atom. The van der Waals surface area contributed by atoms with Crippen LogP contribution in [0.15, 0.2) is 24.3 Å². The summed E-state index contributed by atoms with van der Waals surface area (Å²) in [5.41, 5.74) is 0. The van der Waals surface area contributed by atoms with Gasteiger partial charge in [-0.3, -0.25) is 9.59 Å². The number of hydrogen-bond acceptors (Lipinski definition) is 3. The number of aliphatic carboxylic acids is 1. The topological polar surface area (TPSA) is 66.8 Å². The molecule has 2 rings (SSSR count). The van der Waals surface area contributed by atoms with E-state index in [-0.39, 0.29) is 17.7 Å². The van der Waals surface area contributed by atoms with Crippen LogP contribution in [0.25, 0.3) is 0 Å². The summed E-state index contributed by atoms with van der Waals surface area (Å²) >= 11 is 0. The van der Waals surface area contributed by atoms with E-state index in [0.29, 0.717) is 13.0 Å². The SMILES string of the molecule is CC(Oc1cccc(F)c1)C(=O)N1CCC(C(=O)O)C1C. The molecule has 0 aromatic heterocycles. The molecule has 1 aliphatic rings. The van der Waals surface area contributed by atoms with Crippen molar-refractivity contribution in [1.29, 1.82) is 0 Å². The Labute approximate surface area is 122 Å². The van der Waals surface area contributed by atoms with Crippen LogP contribution in [-0.4, -0.2) is 40.6 Å². The van der Waals surface area contributed by atoms with Crippen LogP contribution < -0.4 is 4.74 Å². The van der Waals surface area contributed by atoms with Crippen molar-refractivity contribution in [2.45, 2.75) is 32.4 Å². The van der Waals surface area contributed by atoms with Crippen molar-refractivity contribution in [3.8, 4) is 5.75 Å². The van der Waals surface area contributed by atoms with Crippen molar-refractivity contribution in [2.24, 2.45) is 5.92 Å². The number of rotatable bonds is 4. The zero-order valence-electron chi connectivity index (χ0n) is 12.0. The molecule has 1 amide bonds. The molecular weight excluding hydrogens is 277 g/mol. The summed E-state index contributed by atoms with van der Waals surface area (Å²) in [4.78, 5) is 24.9. The second-order valence-electron chi connectivity index (χ2n) is 5.22. The van der Waals surface area contributed by atoms with E-state index in [1.807, 2.05) is 0 Å². The van der Waals surface area contributed by atoms with Gasteiger partial charge in [-0.05, 0) is 32.4 Å². The highest BCUT2D eigenvalue weighted by molar-refractivity contribution is 5.83. The number of carboxylic acids is 1. The minimum Gasteiger partial charge on any atom is -0.481 e. The zero-order valence-corrected chi connectivity index (χ0v) is 12.0. The van der Waals surface area contributed by atoms with Gasteiger partial charge in [-0.1, -0.05) is 6.07 Å². The first-order valence-electron chi connectivity index (χ1n) is 6.85. The number of carbonyl (C=O) groups excluding carboxylic acids is 1. The third kappa shape index (κ3) is 3.32. The quantitative estimate of drug-likeness (QED) is 0.921.